The number of amides is 2. The van der Waals surface area contributed by atoms with Crippen LogP contribution in [-0.2, 0) is 0 Å². The second-order valence-corrected chi connectivity index (χ2v) is 7.41. The fourth-order valence-corrected chi connectivity index (χ4v) is 3.75. The minimum atomic E-state index is -0.0894. The lowest BCUT2D eigenvalue weighted by molar-refractivity contribution is 0.228. The number of carbonyl (C=O) groups is 1. The summed E-state index contributed by atoms with van der Waals surface area (Å²) >= 11 is 1.78. The predicted octanol–water partition coefficient (Wildman–Crippen LogP) is 3.99. The van der Waals surface area contributed by atoms with Crippen molar-refractivity contribution in [1.29, 1.82) is 0 Å². The Balaban J connectivity index is 1.67. The van der Waals surface area contributed by atoms with Gasteiger partial charge < -0.3 is 15.6 Å². The van der Waals surface area contributed by atoms with Gasteiger partial charge in [0.2, 0.25) is 0 Å². The topological polar surface area (TPSA) is 69.8 Å². The first kappa shape index (κ1) is 17.1. The Labute approximate surface area is 147 Å². The molecular weight excluding hydrogens is 320 g/mol. The molecule has 130 valence electrons. The molecule has 3 rings (SSSR count). The fourth-order valence-electron chi connectivity index (χ4n) is 3.28. The van der Waals surface area contributed by atoms with Crippen LogP contribution in [0.25, 0.3) is 11.0 Å². The maximum absolute atomic E-state index is 12.4. The van der Waals surface area contributed by atoms with E-state index >= 15 is 0 Å². The number of nitrogens with zero attached hydrogens (tertiary/aromatic N) is 1. The summed E-state index contributed by atoms with van der Waals surface area (Å²) in [4.78, 5) is 20.4. The molecule has 1 atom stereocenters. The van der Waals surface area contributed by atoms with Gasteiger partial charge in [0.25, 0.3) is 0 Å². The van der Waals surface area contributed by atoms with Gasteiger partial charge in [0.1, 0.15) is 5.82 Å². The van der Waals surface area contributed by atoms with E-state index in [0.717, 1.165) is 41.9 Å². The van der Waals surface area contributed by atoms with E-state index in [1.165, 1.54) is 19.3 Å². The van der Waals surface area contributed by atoms with Gasteiger partial charge >= 0.3 is 6.03 Å². The molecule has 24 heavy (non-hydrogen) atoms. The molecule has 3 N–H and O–H groups in total. The van der Waals surface area contributed by atoms with Crippen molar-refractivity contribution in [3.8, 4) is 0 Å². The summed E-state index contributed by atoms with van der Waals surface area (Å²) in [6.07, 6.45) is 8.84. The van der Waals surface area contributed by atoms with E-state index in [-0.39, 0.29) is 12.1 Å². The number of benzene rings is 1. The van der Waals surface area contributed by atoms with Crippen LogP contribution in [0.5, 0.6) is 0 Å². The molecule has 0 saturated heterocycles. The second-order valence-electron chi connectivity index (χ2n) is 6.43. The number of imidazole rings is 1. The molecule has 2 amide bonds. The van der Waals surface area contributed by atoms with Crippen molar-refractivity contribution in [1.82, 2.24) is 20.6 Å². The van der Waals surface area contributed by atoms with Crippen LogP contribution in [0.2, 0.25) is 0 Å². The number of urea groups is 1. The van der Waals surface area contributed by atoms with Gasteiger partial charge in [-0.05, 0) is 43.4 Å². The Kier molecular flexibility index (Phi) is 6.01. The van der Waals surface area contributed by atoms with Crippen molar-refractivity contribution in [2.45, 2.75) is 50.6 Å². The lowest BCUT2D eigenvalue weighted by Crippen LogP contribution is -2.44. The number of H-pyrrole nitrogens is 1. The SMILES string of the molecule is CSCC[C@@H](NC(=O)NC1CCCCC1)c1nc2ccccc2[nH]1. The number of thioether (sulfide) groups is 1. The zero-order valence-corrected chi connectivity index (χ0v) is 15.0. The summed E-state index contributed by atoms with van der Waals surface area (Å²) in [5.41, 5.74) is 1.95. The van der Waals surface area contributed by atoms with Gasteiger partial charge in [-0.25, -0.2) is 9.78 Å². The molecule has 1 heterocycles. The number of hydrogen-bond acceptors (Lipinski definition) is 3. The van der Waals surface area contributed by atoms with Crippen LogP contribution < -0.4 is 10.6 Å². The molecule has 1 aromatic heterocycles. The summed E-state index contributed by atoms with van der Waals surface area (Å²) in [6.45, 7) is 0. The van der Waals surface area contributed by atoms with Gasteiger partial charge in [0, 0.05) is 6.04 Å². The average molecular weight is 346 g/mol. The highest BCUT2D eigenvalue weighted by Gasteiger charge is 2.21. The van der Waals surface area contributed by atoms with Crippen LogP contribution >= 0.6 is 11.8 Å². The molecule has 5 nitrogen and oxygen atoms in total. The molecule has 1 aliphatic rings. The number of fused-ring (bicyclic) bond motifs is 1. The molecule has 0 unspecified atom stereocenters. The standard InChI is InChI=1S/C18H26N4OS/c1-24-12-11-16(17-20-14-9-5-6-10-15(14)21-17)22-18(23)19-13-7-3-2-4-8-13/h5-6,9-10,13,16H,2-4,7-8,11-12H2,1H3,(H,20,21)(H2,19,22,23)/t16-/m1/s1. The van der Waals surface area contributed by atoms with Gasteiger partial charge in [-0.2, -0.15) is 11.8 Å². The number of carbonyl (C=O) groups excluding carboxylic acids is 1. The molecule has 1 saturated carbocycles. The number of hydrogen-bond donors (Lipinski definition) is 3. The molecular formula is C18H26N4OS. The normalized spacial score (nSPS) is 16.9. The van der Waals surface area contributed by atoms with Crippen molar-refractivity contribution in [2.24, 2.45) is 0 Å². The van der Waals surface area contributed by atoms with E-state index in [2.05, 4.69) is 26.9 Å². The van der Waals surface area contributed by atoms with E-state index in [1.54, 1.807) is 11.8 Å². The first-order chi connectivity index (χ1) is 11.8. The van der Waals surface area contributed by atoms with Crippen LogP contribution in [0.3, 0.4) is 0 Å². The number of para-hydroxylation sites is 2. The molecule has 1 aliphatic carbocycles. The van der Waals surface area contributed by atoms with Crippen molar-refractivity contribution < 1.29 is 4.79 Å². The van der Waals surface area contributed by atoms with Crippen LogP contribution in [0.4, 0.5) is 4.79 Å². The Morgan fingerprint density at radius 3 is 2.88 bits per heavy atom. The van der Waals surface area contributed by atoms with E-state index in [0.29, 0.717) is 6.04 Å². The highest BCUT2D eigenvalue weighted by Crippen LogP contribution is 2.21. The monoisotopic (exact) mass is 346 g/mol. The average Bonchev–Trinajstić information content (AvgIpc) is 3.03. The Hall–Kier alpha value is -1.69. The minimum Gasteiger partial charge on any atom is -0.340 e. The lowest BCUT2D eigenvalue weighted by atomic mass is 9.96. The fraction of sp³-hybridized carbons (Fsp3) is 0.556. The minimum absolute atomic E-state index is 0.0755. The molecule has 1 aromatic carbocycles. The van der Waals surface area contributed by atoms with Crippen molar-refractivity contribution in [2.75, 3.05) is 12.0 Å². The third-order valence-electron chi connectivity index (χ3n) is 4.59. The molecule has 1 fully saturated rings. The van der Waals surface area contributed by atoms with E-state index in [9.17, 15) is 4.79 Å². The molecule has 0 radical (unpaired) electrons. The summed E-state index contributed by atoms with van der Waals surface area (Å²) in [7, 11) is 0. The smallest absolute Gasteiger partial charge is 0.315 e. The van der Waals surface area contributed by atoms with Crippen LogP contribution in [-0.4, -0.2) is 34.0 Å². The van der Waals surface area contributed by atoms with E-state index < -0.39 is 0 Å². The Morgan fingerprint density at radius 1 is 1.33 bits per heavy atom. The Bertz CT molecular complexity index is 633. The summed E-state index contributed by atoms with van der Waals surface area (Å²) in [5.74, 6) is 1.81. The Morgan fingerprint density at radius 2 is 2.12 bits per heavy atom. The first-order valence-electron chi connectivity index (χ1n) is 8.77. The third-order valence-corrected chi connectivity index (χ3v) is 5.24. The first-order valence-corrected chi connectivity index (χ1v) is 10.2. The third kappa shape index (κ3) is 4.44. The van der Waals surface area contributed by atoms with Gasteiger partial charge in [-0.15, -0.1) is 0 Å². The van der Waals surface area contributed by atoms with Crippen molar-refractivity contribution >= 4 is 28.8 Å². The van der Waals surface area contributed by atoms with Gasteiger partial charge in [0.05, 0.1) is 17.1 Å². The second kappa shape index (κ2) is 8.42. The maximum Gasteiger partial charge on any atom is 0.315 e. The van der Waals surface area contributed by atoms with E-state index in [1.807, 2.05) is 24.3 Å². The molecule has 0 aliphatic heterocycles. The van der Waals surface area contributed by atoms with Crippen molar-refractivity contribution in [3.05, 3.63) is 30.1 Å². The van der Waals surface area contributed by atoms with Gasteiger partial charge in [-0.3, -0.25) is 0 Å². The zero-order valence-electron chi connectivity index (χ0n) is 14.2. The highest BCUT2D eigenvalue weighted by molar-refractivity contribution is 7.98. The lowest BCUT2D eigenvalue weighted by Gasteiger charge is -2.24. The summed E-state index contributed by atoms with van der Waals surface area (Å²) < 4.78 is 0. The number of aromatic amines is 1. The molecule has 0 spiro atoms. The predicted molar refractivity (Wildman–Crippen MR) is 100 cm³/mol. The van der Waals surface area contributed by atoms with Crippen LogP contribution in [0, 0.1) is 0 Å². The summed E-state index contributed by atoms with van der Waals surface area (Å²) in [6, 6.07) is 8.12. The number of aromatic nitrogens is 2. The van der Waals surface area contributed by atoms with Gasteiger partial charge in [0.15, 0.2) is 0 Å². The largest absolute Gasteiger partial charge is 0.340 e. The maximum atomic E-state index is 12.4. The number of nitrogens with one attached hydrogen (secondary N) is 3. The van der Waals surface area contributed by atoms with Gasteiger partial charge in [-0.1, -0.05) is 31.4 Å². The highest BCUT2D eigenvalue weighted by atomic mass is 32.2. The van der Waals surface area contributed by atoms with E-state index in [4.69, 9.17) is 0 Å². The summed E-state index contributed by atoms with van der Waals surface area (Å²) in [5, 5.41) is 6.25. The molecule has 2 aromatic rings. The molecule has 6 heteroatoms. The zero-order chi connectivity index (χ0) is 16.8. The van der Waals surface area contributed by atoms with Crippen LogP contribution in [0.15, 0.2) is 24.3 Å². The van der Waals surface area contributed by atoms with Crippen molar-refractivity contribution in [3.63, 3.8) is 0 Å². The van der Waals surface area contributed by atoms with Crippen LogP contribution in [0.1, 0.15) is 50.4 Å². The molecule has 0 bridgehead atoms. The number of rotatable bonds is 6. The quantitative estimate of drug-likeness (QED) is 0.741.